The first-order chi connectivity index (χ1) is 11.7. The third-order valence-corrected chi connectivity index (χ3v) is 5.86. The number of rotatable bonds is 5. The lowest BCUT2D eigenvalue weighted by Crippen LogP contribution is -2.45. The van der Waals surface area contributed by atoms with E-state index in [1.807, 2.05) is 0 Å². The van der Waals surface area contributed by atoms with Crippen LogP contribution in [0.2, 0.25) is 0 Å². The molecule has 1 aromatic carbocycles. The highest BCUT2D eigenvalue weighted by Gasteiger charge is 2.29. The van der Waals surface area contributed by atoms with Gasteiger partial charge in [-0.2, -0.15) is 4.37 Å². The van der Waals surface area contributed by atoms with Gasteiger partial charge in [0.2, 0.25) is 5.13 Å². The van der Waals surface area contributed by atoms with Gasteiger partial charge >= 0.3 is 0 Å². The lowest BCUT2D eigenvalue weighted by Gasteiger charge is -2.34. The number of piperazine rings is 1. The van der Waals surface area contributed by atoms with Crippen LogP contribution in [0.4, 0.5) is 5.13 Å². The summed E-state index contributed by atoms with van der Waals surface area (Å²) in [5.41, 5.74) is 2.84. The molecule has 128 valence electrons. The fraction of sp³-hybridized carbons (Fsp3) is 0.579. The van der Waals surface area contributed by atoms with E-state index in [0.29, 0.717) is 11.8 Å². The molecule has 1 aliphatic heterocycles. The number of hydrogen-bond donors (Lipinski definition) is 0. The Morgan fingerprint density at radius 1 is 1.08 bits per heavy atom. The van der Waals surface area contributed by atoms with Crippen LogP contribution in [-0.4, -0.2) is 40.4 Å². The van der Waals surface area contributed by atoms with Gasteiger partial charge in [0, 0.05) is 50.2 Å². The molecule has 0 amide bonds. The van der Waals surface area contributed by atoms with Gasteiger partial charge in [0.1, 0.15) is 5.82 Å². The summed E-state index contributed by atoms with van der Waals surface area (Å²) >= 11 is 1.58. The first-order valence-corrected chi connectivity index (χ1v) is 9.86. The zero-order valence-corrected chi connectivity index (χ0v) is 15.4. The largest absolute Gasteiger partial charge is 0.344 e. The van der Waals surface area contributed by atoms with Gasteiger partial charge in [-0.15, -0.1) is 0 Å². The summed E-state index contributed by atoms with van der Waals surface area (Å²) in [5, 5.41) is 1.12. The molecule has 0 spiro atoms. The molecular formula is C19H26N4S. The Morgan fingerprint density at radius 3 is 2.42 bits per heavy atom. The summed E-state index contributed by atoms with van der Waals surface area (Å²) in [7, 11) is 0. The molecule has 4 nitrogen and oxygen atoms in total. The van der Waals surface area contributed by atoms with Crippen LogP contribution in [-0.2, 0) is 6.54 Å². The Kier molecular flexibility index (Phi) is 4.55. The Labute approximate surface area is 148 Å². The van der Waals surface area contributed by atoms with Gasteiger partial charge in [0.25, 0.3) is 0 Å². The van der Waals surface area contributed by atoms with Crippen LogP contribution in [0.25, 0.3) is 0 Å². The molecule has 1 aromatic heterocycles. The molecule has 2 fully saturated rings. The molecule has 2 aromatic rings. The Bertz CT molecular complexity index is 667. The van der Waals surface area contributed by atoms with Crippen molar-refractivity contribution < 1.29 is 0 Å². The van der Waals surface area contributed by atoms with Crippen LogP contribution in [0.5, 0.6) is 0 Å². The molecule has 0 bridgehead atoms. The highest BCUT2D eigenvalue weighted by Crippen LogP contribution is 2.39. The Balaban J connectivity index is 1.30. The number of aromatic nitrogens is 2. The van der Waals surface area contributed by atoms with Gasteiger partial charge in [-0.1, -0.05) is 38.1 Å². The predicted molar refractivity (Wildman–Crippen MR) is 99.9 cm³/mol. The van der Waals surface area contributed by atoms with Gasteiger partial charge in [0.05, 0.1) is 0 Å². The zero-order chi connectivity index (χ0) is 16.5. The number of anilines is 1. The minimum absolute atomic E-state index is 0.607. The minimum atomic E-state index is 0.607. The van der Waals surface area contributed by atoms with E-state index < -0.39 is 0 Å². The van der Waals surface area contributed by atoms with E-state index >= 15 is 0 Å². The van der Waals surface area contributed by atoms with Crippen LogP contribution < -0.4 is 4.90 Å². The lowest BCUT2D eigenvalue weighted by atomic mass is 10.0. The summed E-state index contributed by atoms with van der Waals surface area (Å²) in [4.78, 5) is 9.70. The molecule has 2 heterocycles. The molecular weight excluding hydrogens is 316 g/mol. The maximum atomic E-state index is 4.75. The van der Waals surface area contributed by atoms with Crippen molar-refractivity contribution in [3.8, 4) is 0 Å². The quantitative estimate of drug-likeness (QED) is 0.826. The smallest absolute Gasteiger partial charge is 0.205 e. The fourth-order valence-electron chi connectivity index (χ4n) is 3.23. The average molecular weight is 343 g/mol. The molecule has 0 unspecified atom stereocenters. The fourth-order valence-corrected chi connectivity index (χ4v) is 4.02. The second kappa shape index (κ2) is 6.81. The van der Waals surface area contributed by atoms with Crippen molar-refractivity contribution in [3.05, 3.63) is 41.2 Å². The minimum Gasteiger partial charge on any atom is -0.344 e. The van der Waals surface area contributed by atoms with Crippen LogP contribution in [0.3, 0.4) is 0 Å². The summed E-state index contributed by atoms with van der Waals surface area (Å²) < 4.78 is 4.54. The van der Waals surface area contributed by atoms with E-state index in [2.05, 4.69) is 52.3 Å². The normalized spacial score (nSPS) is 19.2. The summed E-state index contributed by atoms with van der Waals surface area (Å²) in [6, 6.07) is 9.12. The van der Waals surface area contributed by atoms with Crippen molar-refractivity contribution in [2.24, 2.45) is 0 Å². The molecule has 1 aliphatic carbocycles. The first-order valence-electron chi connectivity index (χ1n) is 9.09. The van der Waals surface area contributed by atoms with Crippen LogP contribution in [0, 0.1) is 0 Å². The Hall–Kier alpha value is -1.46. The van der Waals surface area contributed by atoms with Gasteiger partial charge < -0.3 is 4.90 Å². The van der Waals surface area contributed by atoms with E-state index in [-0.39, 0.29) is 0 Å². The third kappa shape index (κ3) is 3.62. The van der Waals surface area contributed by atoms with E-state index in [4.69, 9.17) is 4.98 Å². The molecule has 1 saturated heterocycles. The summed E-state index contributed by atoms with van der Waals surface area (Å²) in [6.07, 6.45) is 2.55. The van der Waals surface area contributed by atoms with Gasteiger partial charge in [0.15, 0.2) is 0 Å². The van der Waals surface area contributed by atoms with E-state index in [1.165, 1.54) is 24.0 Å². The van der Waals surface area contributed by atoms with E-state index in [1.54, 1.807) is 11.5 Å². The highest BCUT2D eigenvalue weighted by molar-refractivity contribution is 7.09. The van der Waals surface area contributed by atoms with Gasteiger partial charge in [-0.05, 0) is 29.9 Å². The summed E-state index contributed by atoms with van der Waals surface area (Å²) in [5.74, 6) is 2.35. The zero-order valence-electron chi connectivity index (χ0n) is 14.6. The highest BCUT2D eigenvalue weighted by atomic mass is 32.1. The third-order valence-electron chi connectivity index (χ3n) is 5.07. The molecule has 5 heteroatoms. The van der Waals surface area contributed by atoms with Crippen molar-refractivity contribution in [3.63, 3.8) is 0 Å². The van der Waals surface area contributed by atoms with E-state index in [0.717, 1.165) is 43.7 Å². The van der Waals surface area contributed by atoms with Crippen molar-refractivity contribution in [1.82, 2.24) is 14.3 Å². The predicted octanol–water partition coefficient (Wildman–Crippen LogP) is 3.86. The van der Waals surface area contributed by atoms with Crippen molar-refractivity contribution >= 4 is 16.7 Å². The Morgan fingerprint density at radius 2 is 1.79 bits per heavy atom. The molecule has 0 N–H and O–H groups in total. The van der Waals surface area contributed by atoms with Crippen LogP contribution in [0.1, 0.15) is 55.5 Å². The standard InChI is InChI=1S/C19H26N4S/c1-14(2)16-5-3-15(4-6-16)13-22-9-11-23(12-10-22)19-20-18(21-24-19)17-7-8-17/h3-6,14,17H,7-13H2,1-2H3. The molecule has 1 saturated carbocycles. The summed E-state index contributed by atoms with van der Waals surface area (Å²) in [6.45, 7) is 9.86. The monoisotopic (exact) mass is 342 g/mol. The number of benzene rings is 1. The number of nitrogens with zero attached hydrogens (tertiary/aromatic N) is 4. The second-order valence-corrected chi connectivity index (χ2v) is 8.10. The first kappa shape index (κ1) is 16.0. The van der Waals surface area contributed by atoms with Gasteiger partial charge in [-0.25, -0.2) is 4.98 Å². The van der Waals surface area contributed by atoms with Crippen molar-refractivity contribution in [1.29, 1.82) is 0 Å². The van der Waals surface area contributed by atoms with Gasteiger partial charge in [-0.3, -0.25) is 4.90 Å². The van der Waals surface area contributed by atoms with Crippen LogP contribution >= 0.6 is 11.5 Å². The molecule has 4 rings (SSSR count). The van der Waals surface area contributed by atoms with Crippen molar-refractivity contribution in [2.45, 2.75) is 45.1 Å². The lowest BCUT2D eigenvalue weighted by molar-refractivity contribution is 0.250. The average Bonchev–Trinajstić information content (AvgIpc) is 3.33. The molecule has 0 atom stereocenters. The van der Waals surface area contributed by atoms with Crippen LogP contribution in [0.15, 0.2) is 24.3 Å². The molecule has 2 aliphatic rings. The second-order valence-electron chi connectivity index (χ2n) is 7.37. The topological polar surface area (TPSA) is 32.3 Å². The maximum Gasteiger partial charge on any atom is 0.205 e. The molecule has 24 heavy (non-hydrogen) atoms. The van der Waals surface area contributed by atoms with E-state index in [9.17, 15) is 0 Å². The SMILES string of the molecule is CC(C)c1ccc(CN2CCN(c3nc(C4CC4)ns3)CC2)cc1. The molecule has 0 radical (unpaired) electrons. The maximum absolute atomic E-state index is 4.75. The van der Waals surface area contributed by atoms with Crippen molar-refractivity contribution in [2.75, 3.05) is 31.1 Å². The number of hydrogen-bond acceptors (Lipinski definition) is 5.